The van der Waals surface area contributed by atoms with Gasteiger partial charge in [-0.25, -0.2) is 4.98 Å². The summed E-state index contributed by atoms with van der Waals surface area (Å²) in [6, 6.07) is 15.4. The molecule has 2 aromatic carbocycles. The minimum absolute atomic E-state index is 0.0706. The van der Waals surface area contributed by atoms with Crippen molar-refractivity contribution in [1.82, 2.24) is 9.55 Å². The summed E-state index contributed by atoms with van der Waals surface area (Å²) in [5.74, 6) is 0.828. The van der Waals surface area contributed by atoms with Crippen molar-refractivity contribution in [2.24, 2.45) is 5.41 Å². The van der Waals surface area contributed by atoms with Crippen LogP contribution in [0.3, 0.4) is 0 Å². The van der Waals surface area contributed by atoms with Gasteiger partial charge in [-0.15, -0.1) is 23.1 Å². The van der Waals surface area contributed by atoms with Crippen LogP contribution in [0.2, 0.25) is 5.02 Å². The van der Waals surface area contributed by atoms with Gasteiger partial charge < -0.3 is 4.74 Å². The highest BCUT2D eigenvalue weighted by atomic mass is 35.5. The number of thiophene rings is 1. The molecule has 0 saturated carbocycles. The second kappa shape index (κ2) is 8.69. The van der Waals surface area contributed by atoms with Gasteiger partial charge in [-0.05, 0) is 53.6 Å². The van der Waals surface area contributed by atoms with Crippen LogP contribution >= 0.6 is 34.7 Å². The number of nitrogens with zero attached hydrogens (tertiary/aromatic N) is 2. The molecule has 0 radical (unpaired) electrons. The molecule has 0 amide bonds. The SMILES string of the molecule is CSc1cc(-n2cnc3cc(-c4ccc(Cl)cc4)sc3c2=O)ccc1OCC(C)(C)C. The summed E-state index contributed by atoms with van der Waals surface area (Å²) >= 11 is 9.04. The molecule has 0 N–H and O–H groups in total. The molecule has 160 valence electrons. The number of aromatic nitrogens is 2. The molecule has 4 rings (SSSR count). The molecule has 0 bridgehead atoms. The molecular weight excluding hydrogens is 448 g/mol. The molecule has 0 spiro atoms. The minimum Gasteiger partial charge on any atom is -0.492 e. The number of rotatable bonds is 5. The molecule has 0 aliphatic heterocycles. The van der Waals surface area contributed by atoms with Crippen molar-refractivity contribution in [3.8, 4) is 21.9 Å². The maximum atomic E-state index is 13.2. The number of hydrogen-bond donors (Lipinski definition) is 0. The average molecular weight is 471 g/mol. The molecular formula is C24H23ClN2O2S2. The van der Waals surface area contributed by atoms with Gasteiger partial charge in [-0.3, -0.25) is 9.36 Å². The smallest absolute Gasteiger partial charge is 0.275 e. The van der Waals surface area contributed by atoms with E-state index in [0.717, 1.165) is 26.8 Å². The van der Waals surface area contributed by atoms with Crippen molar-refractivity contribution in [3.63, 3.8) is 0 Å². The lowest BCUT2D eigenvalue weighted by molar-refractivity contribution is 0.194. The summed E-state index contributed by atoms with van der Waals surface area (Å²) in [6.45, 7) is 7.04. The van der Waals surface area contributed by atoms with E-state index in [4.69, 9.17) is 16.3 Å². The van der Waals surface area contributed by atoms with Crippen molar-refractivity contribution in [1.29, 1.82) is 0 Å². The summed E-state index contributed by atoms with van der Waals surface area (Å²) in [4.78, 5) is 19.8. The molecule has 31 heavy (non-hydrogen) atoms. The van der Waals surface area contributed by atoms with Crippen LogP contribution in [0.5, 0.6) is 5.75 Å². The Balaban J connectivity index is 1.71. The topological polar surface area (TPSA) is 44.1 Å². The first-order chi connectivity index (χ1) is 14.7. The highest BCUT2D eigenvalue weighted by Gasteiger charge is 2.15. The molecule has 0 atom stereocenters. The highest BCUT2D eigenvalue weighted by molar-refractivity contribution is 7.98. The van der Waals surface area contributed by atoms with Gasteiger partial charge in [0.05, 0.1) is 22.7 Å². The molecule has 0 unspecified atom stereocenters. The van der Waals surface area contributed by atoms with Crippen LogP contribution < -0.4 is 10.3 Å². The van der Waals surface area contributed by atoms with Gasteiger partial charge >= 0.3 is 0 Å². The zero-order valence-corrected chi connectivity index (χ0v) is 20.2. The van der Waals surface area contributed by atoms with E-state index in [-0.39, 0.29) is 11.0 Å². The quantitative estimate of drug-likeness (QED) is 0.297. The molecule has 2 aromatic heterocycles. The molecule has 4 aromatic rings. The monoisotopic (exact) mass is 470 g/mol. The Morgan fingerprint density at radius 3 is 2.55 bits per heavy atom. The van der Waals surface area contributed by atoms with Crippen molar-refractivity contribution in [2.75, 3.05) is 12.9 Å². The van der Waals surface area contributed by atoms with Gasteiger partial charge in [0.2, 0.25) is 0 Å². The first-order valence-electron chi connectivity index (χ1n) is 9.83. The summed E-state index contributed by atoms with van der Waals surface area (Å²) in [5, 5.41) is 0.685. The number of thioether (sulfide) groups is 1. The second-order valence-electron chi connectivity index (χ2n) is 8.44. The third kappa shape index (κ3) is 4.81. The number of halogens is 1. The maximum absolute atomic E-state index is 13.2. The van der Waals surface area contributed by atoms with E-state index >= 15 is 0 Å². The normalized spacial score (nSPS) is 11.8. The van der Waals surface area contributed by atoms with Crippen LogP contribution in [-0.4, -0.2) is 22.4 Å². The number of fused-ring (bicyclic) bond motifs is 1. The van der Waals surface area contributed by atoms with Gasteiger partial charge in [0.1, 0.15) is 16.8 Å². The summed E-state index contributed by atoms with van der Waals surface area (Å²) in [7, 11) is 0. The zero-order valence-electron chi connectivity index (χ0n) is 17.8. The Hall–Kier alpha value is -2.28. The fourth-order valence-corrected chi connectivity index (χ4v) is 4.81. The predicted octanol–water partition coefficient (Wildman–Crippen LogP) is 6.91. The number of hydrogen-bond acceptors (Lipinski definition) is 5. The molecule has 0 fully saturated rings. The van der Waals surface area contributed by atoms with Crippen LogP contribution in [0.1, 0.15) is 20.8 Å². The van der Waals surface area contributed by atoms with Crippen molar-refractivity contribution in [2.45, 2.75) is 25.7 Å². The lowest BCUT2D eigenvalue weighted by atomic mass is 9.99. The van der Waals surface area contributed by atoms with Gasteiger partial charge in [-0.1, -0.05) is 44.5 Å². The molecule has 0 aliphatic carbocycles. The number of ether oxygens (including phenoxy) is 1. The van der Waals surface area contributed by atoms with Crippen LogP contribution in [0.25, 0.3) is 26.3 Å². The van der Waals surface area contributed by atoms with Gasteiger partial charge in [0.15, 0.2) is 0 Å². The van der Waals surface area contributed by atoms with E-state index in [2.05, 4.69) is 25.8 Å². The molecule has 4 nitrogen and oxygen atoms in total. The highest BCUT2D eigenvalue weighted by Crippen LogP contribution is 2.33. The third-order valence-corrected chi connectivity index (χ3v) is 6.82. The Kier molecular flexibility index (Phi) is 6.15. The Morgan fingerprint density at radius 2 is 1.87 bits per heavy atom. The first kappa shape index (κ1) is 21.9. The van der Waals surface area contributed by atoms with Crippen LogP contribution in [0.4, 0.5) is 0 Å². The van der Waals surface area contributed by atoms with E-state index in [1.54, 1.807) is 22.7 Å². The van der Waals surface area contributed by atoms with Crippen LogP contribution in [0.15, 0.2) is 64.5 Å². The molecule has 0 saturated heterocycles. The second-order valence-corrected chi connectivity index (χ2v) is 10.8. The van der Waals surface area contributed by atoms with Gasteiger partial charge in [-0.2, -0.15) is 0 Å². The molecule has 0 aliphatic rings. The lowest BCUT2D eigenvalue weighted by Gasteiger charge is -2.20. The van der Waals surface area contributed by atoms with E-state index in [0.29, 0.717) is 21.8 Å². The van der Waals surface area contributed by atoms with E-state index in [9.17, 15) is 4.79 Å². The zero-order chi connectivity index (χ0) is 22.2. The lowest BCUT2D eigenvalue weighted by Crippen LogP contribution is -2.18. The Morgan fingerprint density at radius 1 is 1.13 bits per heavy atom. The summed E-state index contributed by atoms with van der Waals surface area (Å²) in [5.41, 5.74) is 2.48. The van der Waals surface area contributed by atoms with Gasteiger partial charge in [0, 0.05) is 9.90 Å². The third-order valence-electron chi connectivity index (χ3n) is 4.65. The van der Waals surface area contributed by atoms with E-state index < -0.39 is 0 Å². The van der Waals surface area contributed by atoms with Crippen molar-refractivity contribution < 1.29 is 4.74 Å². The maximum Gasteiger partial charge on any atom is 0.275 e. The first-order valence-corrected chi connectivity index (χ1v) is 12.3. The predicted molar refractivity (Wildman–Crippen MR) is 132 cm³/mol. The number of benzene rings is 2. The largest absolute Gasteiger partial charge is 0.492 e. The van der Waals surface area contributed by atoms with E-state index in [1.807, 2.05) is 54.8 Å². The van der Waals surface area contributed by atoms with Crippen LogP contribution in [0, 0.1) is 5.41 Å². The standard InChI is InChI=1S/C24H23ClN2O2S2/c1-24(2,3)13-29-19-10-9-17(11-21(19)30-4)27-14-26-18-12-20(31-22(18)23(27)28)15-5-7-16(25)8-6-15/h5-12,14H,13H2,1-4H3. The van der Waals surface area contributed by atoms with Gasteiger partial charge in [0.25, 0.3) is 5.56 Å². The fraction of sp³-hybridized carbons (Fsp3) is 0.250. The Labute approximate surface area is 194 Å². The van der Waals surface area contributed by atoms with Crippen molar-refractivity contribution in [3.05, 3.63) is 70.2 Å². The molecule has 2 heterocycles. The summed E-state index contributed by atoms with van der Waals surface area (Å²) in [6.07, 6.45) is 3.60. The average Bonchev–Trinajstić information content (AvgIpc) is 3.18. The summed E-state index contributed by atoms with van der Waals surface area (Å²) < 4.78 is 8.24. The van der Waals surface area contributed by atoms with E-state index in [1.165, 1.54) is 11.3 Å². The Bertz CT molecular complexity index is 1290. The fourth-order valence-electron chi connectivity index (χ4n) is 3.07. The molecule has 7 heteroatoms. The van der Waals surface area contributed by atoms with Crippen LogP contribution in [-0.2, 0) is 0 Å². The minimum atomic E-state index is -0.0781. The van der Waals surface area contributed by atoms with Crippen molar-refractivity contribution >= 4 is 44.9 Å².